The zero-order valence-electron chi connectivity index (χ0n) is 11.1. The molecule has 0 aromatic carbocycles. The highest BCUT2D eigenvalue weighted by Crippen LogP contribution is 2.40. The van der Waals surface area contributed by atoms with Gasteiger partial charge in [-0.1, -0.05) is 22.6 Å². The van der Waals surface area contributed by atoms with Crippen LogP contribution in [0.2, 0.25) is 19.6 Å². The fourth-order valence-electron chi connectivity index (χ4n) is 2.00. The Bertz CT molecular complexity index is 463. The molecule has 0 aromatic heterocycles. The maximum Gasteiger partial charge on any atom is 0.341 e. The molecule has 1 fully saturated rings. The van der Waals surface area contributed by atoms with E-state index < -0.39 is 14.4 Å². The molecule has 0 aliphatic carbocycles. The second-order valence-electron chi connectivity index (χ2n) is 5.52. The zero-order valence-corrected chi connectivity index (χ0v) is 15.1. The summed E-state index contributed by atoms with van der Waals surface area (Å²) < 4.78 is 6.26. The lowest BCUT2D eigenvalue weighted by Crippen LogP contribution is -2.68. The van der Waals surface area contributed by atoms with Crippen LogP contribution in [0.1, 0.15) is 0 Å². The summed E-state index contributed by atoms with van der Waals surface area (Å²) in [5.74, 6) is 0.194. The van der Waals surface area contributed by atoms with Gasteiger partial charge in [0.2, 0.25) is 14.2 Å². The molecule has 106 valence electrons. The molecule has 2 aliphatic rings. The smallest absolute Gasteiger partial charge is 0.341 e. The van der Waals surface area contributed by atoms with E-state index in [4.69, 9.17) is 10.2 Å². The Morgan fingerprint density at radius 2 is 2.21 bits per heavy atom. The first-order valence-corrected chi connectivity index (χ1v) is 12.0. The first-order chi connectivity index (χ1) is 8.76. The molecule has 2 heterocycles. The van der Waals surface area contributed by atoms with Crippen LogP contribution in [0.3, 0.4) is 0 Å². The molecule has 2 rings (SSSR count). The summed E-state index contributed by atoms with van der Waals surface area (Å²) in [7, 11) is -1.98. The minimum atomic E-state index is -1.98. The van der Waals surface area contributed by atoms with Crippen molar-refractivity contribution < 1.29 is 14.0 Å². The molecule has 2 atom stereocenters. The fraction of sp³-hybridized carbons (Fsp3) is 0.636. The van der Waals surface area contributed by atoms with Crippen molar-refractivity contribution in [2.75, 3.05) is 10.2 Å². The van der Waals surface area contributed by atoms with E-state index in [1.54, 1.807) is 11.8 Å². The van der Waals surface area contributed by atoms with Gasteiger partial charge < -0.3 is 10.2 Å². The summed E-state index contributed by atoms with van der Waals surface area (Å²) in [5, 5.41) is -0.108. The maximum absolute atomic E-state index is 12.3. The van der Waals surface area contributed by atoms with Crippen LogP contribution >= 0.6 is 34.4 Å². The normalized spacial score (nSPS) is 27.0. The predicted molar refractivity (Wildman–Crippen MR) is 86.4 cm³/mol. The first kappa shape index (κ1) is 15.3. The molecule has 0 radical (unpaired) electrons. The minimum Gasteiger partial charge on any atom is -0.515 e. The second-order valence-corrected chi connectivity index (χ2v) is 11.8. The fourth-order valence-corrected chi connectivity index (χ4v) is 4.94. The first-order valence-electron chi connectivity index (χ1n) is 5.98. The molecule has 2 aliphatic heterocycles. The molecule has 0 saturated carbocycles. The number of nitrogens with two attached hydrogens (primary N) is 1. The molecule has 0 bridgehead atoms. The van der Waals surface area contributed by atoms with Crippen LogP contribution in [-0.2, 0) is 14.0 Å². The van der Waals surface area contributed by atoms with E-state index in [9.17, 15) is 9.59 Å². The van der Waals surface area contributed by atoms with Crippen LogP contribution in [0.5, 0.6) is 0 Å². The van der Waals surface area contributed by atoms with Crippen molar-refractivity contribution in [3.05, 3.63) is 11.3 Å². The molecule has 2 N–H and O–H groups in total. The lowest BCUT2D eigenvalue weighted by atomic mass is 10.0. The molecule has 8 heteroatoms. The van der Waals surface area contributed by atoms with Crippen molar-refractivity contribution in [1.29, 1.82) is 0 Å². The van der Waals surface area contributed by atoms with Gasteiger partial charge in [-0.2, -0.15) is 0 Å². The van der Waals surface area contributed by atoms with E-state index in [0.717, 1.165) is 11.3 Å². The standard InChI is InChI=1S/C11H17IN2O3SSi/c1-19(2,3)17-11(16)8-6(4-12)5-18-10-7(13)9(15)14(8)10/h7,10H,4-5,13H2,1-3H3/t7?,10-/m1/s1. The predicted octanol–water partition coefficient (Wildman–Crippen LogP) is 1.30. The molecule has 1 saturated heterocycles. The lowest BCUT2D eigenvalue weighted by Gasteiger charge is -2.48. The van der Waals surface area contributed by atoms with Crippen LogP contribution in [0.15, 0.2) is 11.3 Å². The quantitative estimate of drug-likeness (QED) is 0.328. The van der Waals surface area contributed by atoms with E-state index in [2.05, 4.69) is 22.6 Å². The number of halogens is 1. The number of β-lactam (4-membered cyclic amide) rings is 1. The molecule has 1 amide bonds. The van der Waals surface area contributed by atoms with Gasteiger partial charge in [-0.3, -0.25) is 9.69 Å². The number of hydrogen-bond acceptors (Lipinski definition) is 5. The van der Waals surface area contributed by atoms with Crippen LogP contribution in [0, 0.1) is 0 Å². The Morgan fingerprint density at radius 3 is 2.74 bits per heavy atom. The van der Waals surface area contributed by atoms with Gasteiger partial charge in [0.25, 0.3) is 0 Å². The van der Waals surface area contributed by atoms with Gasteiger partial charge in [0.05, 0.1) is 0 Å². The number of carbonyl (C=O) groups excluding carboxylic acids is 2. The summed E-state index contributed by atoms with van der Waals surface area (Å²) in [4.78, 5) is 25.7. The van der Waals surface area contributed by atoms with Crippen molar-refractivity contribution in [1.82, 2.24) is 4.90 Å². The molecule has 19 heavy (non-hydrogen) atoms. The number of alkyl halides is 1. The number of amides is 1. The van der Waals surface area contributed by atoms with Crippen molar-refractivity contribution in [2.45, 2.75) is 31.1 Å². The van der Waals surface area contributed by atoms with Crippen molar-refractivity contribution in [2.24, 2.45) is 5.73 Å². The second kappa shape index (κ2) is 5.38. The lowest BCUT2D eigenvalue weighted by molar-refractivity contribution is -0.147. The van der Waals surface area contributed by atoms with E-state index in [-0.39, 0.29) is 17.3 Å². The number of fused-ring (bicyclic) bond motifs is 1. The van der Waals surface area contributed by atoms with Gasteiger partial charge in [0.1, 0.15) is 17.1 Å². The summed E-state index contributed by atoms with van der Waals surface area (Å²) in [6.07, 6.45) is 0. The zero-order chi connectivity index (χ0) is 14.4. The molecule has 5 nitrogen and oxygen atoms in total. The highest BCUT2D eigenvalue weighted by atomic mass is 127. The van der Waals surface area contributed by atoms with Crippen LogP contribution in [0.25, 0.3) is 0 Å². The van der Waals surface area contributed by atoms with Gasteiger partial charge in [-0.15, -0.1) is 11.8 Å². The van der Waals surface area contributed by atoms with Crippen molar-refractivity contribution >= 4 is 54.5 Å². The van der Waals surface area contributed by atoms with Gasteiger partial charge in [0, 0.05) is 10.2 Å². The van der Waals surface area contributed by atoms with Gasteiger partial charge in [-0.05, 0) is 25.2 Å². The van der Waals surface area contributed by atoms with E-state index >= 15 is 0 Å². The van der Waals surface area contributed by atoms with Crippen LogP contribution < -0.4 is 5.73 Å². The Kier molecular flexibility index (Phi) is 4.34. The number of hydrogen-bond donors (Lipinski definition) is 1. The average molecular weight is 412 g/mol. The third-order valence-corrected chi connectivity index (χ3v) is 5.92. The number of thioether (sulfide) groups is 1. The molecule has 0 aromatic rings. The van der Waals surface area contributed by atoms with Gasteiger partial charge in [0.15, 0.2) is 0 Å². The number of carbonyl (C=O) groups is 2. The van der Waals surface area contributed by atoms with Crippen LogP contribution in [0.4, 0.5) is 0 Å². The Labute approximate surface area is 131 Å². The number of rotatable bonds is 3. The summed E-state index contributed by atoms with van der Waals surface area (Å²) in [6.45, 7) is 5.86. The summed E-state index contributed by atoms with van der Waals surface area (Å²) in [6, 6.07) is -0.490. The molecular weight excluding hydrogens is 395 g/mol. The van der Waals surface area contributed by atoms with Gasteiger partial charge >= 0.3 is 5.97 Å². The van der Waals surface area contributed by atoms with Crippen molar-refractivity contribution in [3.63, 3.8) is 0 Å². The van der Waals surface area contributed by atoms with E-state index in [1.807, 2.05) is 19.6 Å². The highest BCUT2D eigenvalue weighted by molar-refractivity contribution is 14.1. The Morgan fingerprint density at radius 1 is 1.58 bits per heavy atom. The summed E-state index contributed by atoms with van der Waals surface area (Å²) >= 11 is 3.83. The van der Waals surface area contributed by atoms with E-state index in [0.29, 0.717) is 10.1 Å². The average Bonchev–Trinajstić information content (AvgIpc) is 2.33. The monoisotopic (exact) mass is 412 g/mol. The number of nitrogens with zero attached hydrogens (tertiary/aromatic N) is 1. The molecule has 1 unspecified atom stereocenters. The largest absolute Gasteiger partial charge is 0.515 e. The maximum atomic E-state index is 12.3. The van der Waals surface area contributed by atoms with Crippen molar-refractivity contribution in [3.8, 4) is 0 Å². The van der Waals surface area contributed by atoms with Gasteiger partial charge in [-0.25, -0.2) is 4.79 Å². The molecular formula is C11H17IN2O3SSi. The molecule has 0 spiro atoms. The third kappa shape index (κ3) is 2.86. The highest BCUT2D eigenvalue weighted by Gasteiger charge is 2.52. The Hall–Kier alpha value is -0.0631. The van der Waals surface area contributed by atoms with E-state index in [1.165, 1.54) is 4.90 Å². The third-order valence-electron chi connectivity index (χ3n) is 2.84. The Balaban J connectivity index is 2.30. The topological polar surface area (TPSA) is 72.6 Å². The van der Waals surface area contributed by atoms with Crippen LogP contribution in [-0.4, -0.2) is 46.7 Å². The summed E-state index contributed by atoms with van der Waals surface area (Å²) in [5.41, 5.74) is 7.17. The minimum absolute atomic E-state index is 0.108. The SMILES string of the molecule is C[Si](C)(C)OC(=O)C1=C(CI)CS[C@@H]2C(N)C(=O)N12.